The van der Waals surface area contributed by atoms with Crippen molar-refractivity contribution in [2.45, 2.75) is 10.9 Å². The van der Waals surface area contributed by atoms with E-state index >= 15 is 0 Å². The summed E-state index contributed by atoms with van der Waals surface area (Å²) in [6, 6.07) is 4.87. The molecule has 0 atom stereocenters. The lowest BCUT2D eigenvalue weighted by Gasteiger charge is -2.02. The molecular formula is C10H11N5OS. The maximum absolute atomic E-state index is 11.2. The monoisotopic (exact) mass is 249 g/mol. The summed E-state index contributed by atoms with van der Waals surface area (Å²) in [7, 11) is 0. The summed E-state index contributed by atoms with van der Waals surface area (Å²) < 4.78 is 0. The zero-order valence-corrected chi connectivity index (χ0v) is 9.70. The van der Waals surface area contributed by atoms with Gasteiger partial charge in [-0.1, -0.05) is 11.8 Å². The van der Waals surface area contributed by atoms with Crippen LogP contribution in [0.5, 0.6) is 0 Å². The predicted molar refractivity (Wildman–Crippen MR) is 67.5 cm³/mol. The maximum atomic E-state index is 11.2. The minimum atomic E-state index is -0.255. The Morgan fingerprint density at radius 1 is 1.29 bits per heavy atom. The van der Waals surface area contributed by atoms with Crippen LogP contribution in [0.2, 0.25) is 0 Å². The Morgan fingerprint density at radius 2 is 2.12 bits per heavy atom. The van der Waals surface area contributed by atoms with Gasteiger partial charge in [0.2, 0.25) is 0 Å². The van der Waals surface area contributed by atoms with Crippen molar-refractivity contribution in [1.29, 1.82) is 0 Å². The molecular weight excluding hydrogens is 238 g/mol. The molecule has 5 N–H and O–H groups in total. The van der Waals surface area contributed by atoms with Crippen molar-refractivity contribution >= 4 is 23.4 Å². The fourth-order valence-corrected chi connectivity index (χ4v) is 2.08. The molecule has 0 saturated carbocycles. The molecule has 2 aromatic heterocycles. The normalized spacial score (nSPS) is 10.4. The SMILES string of the molecule is Nc1cc(CSc2nc(N)cc(=O)[nH]2)ccn1. The van der Waals surface area contributed by atoms with Gasteiger partial charge in [-0.25, -0.2) is 9.97 Å². The Morgan fingerprint density at radius 3 is 2.82 bits per heavy atom. The highest BCUT2D eigenvalue weighted by atomic mass is 32.2. The fourth-order valence-electron chi connectivity index (χ4n) is 1.26. The molecule has 2 aromatic rings. The number of rotatable bonds is 3. The van der Waals surface area contributed by atoms with E-state index in [-0.39, 0.29) is 11.4 Å². The fraction of sp³-hybridized carbons (Fsp3) is 0.100. The number of pyridine rings is 1. The van der Waals surface area contributed by atoms with E-state index in [1.807, 2.05) is 6.07 Å². The van der Waals surface area contributed by atoms with E-state index in [0.29, 0.717) is 16.7 Å². The topological polar surface area (TPSA) is 111 Å². The molecule has 0 bridgehead atoms. The van der Waals surface area contributed by atoms with Gasteiger partial charge in [0, 0.05) is 18.0 Å². The Hall–Kier alpha value is -2.02. The third kappa shape index (κ3) is 3.22. The first-order chi connectivity index (χ1) is 8.13. The smallest absolute Gasteiger partial charge is 0.253 e. The Labute approximate surface area is 101 Å². The quantitative estimate of drug-likeness (QED) is 0.543. The molecule has 2 rings (SSSR count). The van der Waals surface area contributed by atoms with Crippen molar-refractivity contribution in [1.82, 2.24) is 15.0 Å². The first-order valence-electron chi connectivity index (χ1n) is 4.83. The molecule has 0 aliphatic rings. The number of aromatic nitrogens is 3. The zero-order valence-electron chi connectivity index (χ0n) is 8.88. The van der Waals surface area contributed by atoms with Crippen LogP contribution in [0.1, 0.15) is 5.56 Å². The molecule has 0 radical (unpaired) electrons. The van der Waals surface area contributed by atoms with E-state index in [2.05, 4.69) is 15.0 Å². The van der Waals surface area contributed by atoms with E-state index < -0.39 is 0 Å². The lowest BCUT2D eigenvalue weighted by atomic mass is 10.3. The molecule has 0 fully saturated rings. The molecule has 0 amide bonds. The Balaban J connectivity index is 2.09. The molecule has 0 aromatic carbocycles. The second kappa shape index (κ2) is 4.88. The van der Waals surface area contributed by atoms with Crippen molar-refractivity contribution in [3.05, 3.63) is 40.3 Å². The van der Waals surface area contributed by atoms with Crippen LogP contribution >= 0.6 is 11.8 Å². The van der Waals surface area contributed by atoms with Crippen LogP contribution in [-0.2, 0) is 5.75 Å². The molecule has 0 spiro atoms. The minimum Gasteiger partial charge on any atom is -0.384 e. The van der Waals surface area contributed by atoms with Crippen LogP contribution in [0.15, 0.2) is 34.3 Å². The standard InChI is InChI=1S/C10H11N5OS/c11-7-3-6(1-2-13-7)5-17-10-14-8(12)4-9(16)15-10/h1-4H,5H2,(H2,11,13)(H3,12,14,15,16). The number of nitrogens with one attached hydrogen (secondary N) is 1. The largest absolute Gasteiger partial charge is 0.384 e. The number of thioether (sulfide) groups is 1. The minimum absolute atomic E-state index is 0.213. The highest BCUT2D eigenvalue weighted by Crippen LogP contribution is 2.19. The average molecular weight is 249 g/mol. The number of hydrogen-bond donors (Lipinski definition) is 3. The number of hydrogen-bond acceptors (Lipinski definition) is 6. The number of aromatic amines is 1. The van der Waals surface area contributed by atoms with Gasteiger partial charge in [0.1, 0.15) is 11.6 Å². The van der Waals surface area contributed by atoms with Gasteiger partial charge >= 0.3 is 0 Å². The third-order valence-electron chi connectivity index (χ3n) is 1.96. The van der Waals surface area contributed by atoms with Crippen molar-refractivity contribution in [2.24, 2.45) is 0 Å². The van der Waals surface area contributed by atoms with Gasteiger partial charge in [-0.05, 0) is 17.7 Å². The summed E-state index contributed by atoms with van der Waals surface area (Å²) in [6.07, 6.45) is 1.64. The van der Waals surface area contributed by atoms with Crippen LogP contribution in [0.3, 0.4) is 0 Å². The average Bonchev–Trinajstić information content (AvgIpc) is 2.25. The molecule has 2 heterocycles. The second-order valence-corrected chi connectivity index (χ2v) is 4.32. The van der Waals surface area contributed by atoms with E-state index in [0.717, 1.165) is 5.56 Å². The highest BCUT2D eigenvalue weighted by Gasteiger charge is 2.01. The van der Waals surface area contributed by atoms with Gasteiger partial charge in [-0.15, -0.1) is 0 Å². The molecule has 0 aliphatic heterocycles. The van der Waals surface area contributed by atoms with Gasteiger partial charge in [-0.2, -0.15) is 0 Å². The number of anilines is 2. The zero-order chi connectivity index (χ0) is 12.3. The maximum Gasteiger partial charge on any atom is 0.253 e. The summed E-state index contributed by atoms with van der Waals surface area (Å²) in [6.45, 7) is 0. The summed E-state index contributed by atoms with van der Waals surface area (Å²) >= 11 is 1.38. The lowest BCUT2D eigenvalue weighted by molar-refractivity contribution is 0.945. The molecule has 0 saturated heterocycles. The van der Waals surface area contributed by atoms with E-state index in [4.69, 9.17) is 11.5 Å². The number of nitrogen functional groups attached to an aromatic ring is 2. The molecule has 6 nitrogen and oxygen atoms in total. The van der Waals surface area contributed by atoms with Crippen LogP contribution in [0, 0.1) is 0 Å². The van der Waals surface area contributed by atoms with Crippen molar-refractivity contribution in [3.8, 4) is 0 Å². The van der Waals surface area contributed by atoms with E-state index in [1.165, 1.54) is 17.8 Å². The predicted octanol–water partition coefficient (Wildman–Crippen LogP) is 0.622. The summed E-state index contributed by atoms with van der Waals surface area (Å²) in [5, 5.41) is 0.491. The van der Waals surface area contributed by atoms with Crippen LogP contribution < -0.4 is 17.0 Å². The number of nitrogens with zero attached hydrogens (tertiary/aromatic N) is 2. The first kappa shape index (κ1) is 11.5. The van der Waals surface area contributed by atoms with E-state index in [9.17, 15) is 4.79 Å². The van der Waals surface area contributed by atoms with Gasteiger partial charge in [0.05, 0.1) is 0 Å². The van der Waals surface area contributed by atoms with Gasteiger partial charge in [0.15, 0.2) is 5.16 Å². The van der Waals surface area contributed by atoms with Gasteiger partial charge in [0.25, 0.3) is 5.56 Å². The summed E-state index contributed by atoms with van der Waals surface area (Å²) in [5.41, 5.74) is 11.8. The molecule has 17 heavy (non-hydrogen) atoms. The molecule has 0 aliphatic carbocycles. The van der Waals surface area contributed by atoms with Crippen molar-refractivity contribution < 1.29 is 0 Å². The molecule has 0 unspecified atom stereocenters. The number of nitrogens with two attached hydrogens (primary N) is 2. The van der Waals surface area contributed by atoms with Crippen molar-refractivity contribution in [3.63, 3.8) is 0 Å². The van der Waals surface area contributed by atoms with E-state index in [1.54, 1.807) is 12.3 Å². The van der Waals surface area contributed by atoms with Crippen LogP contribution in [0.4, 0.5) is 11.6 Å². The molecule has 7 heteroatoms. The number of H-pyrrole nitrogens is 1. The van der Waals surface area contributed by atoms with Gasteiger partial charge in [-0.3, -0.25) is 4.79 Å². The first-order valence-corrected chi connectivity index (χ1v) is 5.82. The van der Waals surface area contributed by atoms with Crippen molar-refractivity contribution in [2.75, 3.05) is 11.5 Å². The lowest BCUT2D eigenvalue weighted by Crippen LogP contribution is -2.09. The van der Waals surface area contributed by atoms with Crippen LogP contribution in [-0.4, -0.2) is 15.0 Å². The Bertz CT molecular complexity index is 583. The second-order valence-electron chi connectivity index (χ2n) is 3.35. The third-order valence-corrected chi connectivity index (χ3v) is 2.91. The highest BCUT2D eigenvalue weighted by molar-refractivity contribution is 7.98. The summed E-state index contributed by atoms with van der Waals surface area (Å²) in [4.78, 5) is 21.7. The van der Waals surface area contributed by atoms with Gasteiger partial charge < -0.3 is 16.5 Å². The molecule has 88 valence electrons. The Kier molecular flexibility index (Phi) is 3.29. The van der Waals surface area contributed by atoms with Crippen LogP contribution in [0.25, 0.3) is 0 Å². The summed E-state index contributed by atoms with van der Waals surface area (Å²) in [5.74, 6) is 1.32.